The van der Waals surface area contributed by atoms with Crippen LogP contribution in [-0.4, -0.2) is 40.1 Å². The Balaban J connectivity index is 2.46. The van der Waals surface area contributed by atoms with E-state index in [1.807, 2.05) is 6.92 Å². The Morgan fingerprint density at radius 1 is 1.42 bits per heavy atom. The Labute approximate surface area is 111 Å². The van der Waals surface area contributed by atoms with Gasteiger partial charge in [-0.2, -0.15) is 0 Å². The second-order valence-corrected chi connectivity index (χ2v) is 4.13. The zero-order valence-electron chi connectivity index (χ0n) is 11.4. The third-order valence-corrected chi connectivity index (χ3v) is 2.73. The van der Waals surface area contributed by atoms with Crippen LogP contribution < -0.4 is 5.32 Å². The number of carbonyl (C=O) groups is 2. The summed E-state index contributed by atoms with van der Waals surface area (Å²) in [6.45, 7) is 6.25. The Morgan fingerprint density at radius 2 is 2.11 bits per heavy atom. The molecule has 0 fully saturated rings. The third kappa shape index (κ3) is 4.61. The van der Waals surface area contributed by atoms with Crippen LogP contribution >= 0.6 is 0 Å². The van der Waals surface area contributed by atoms with Crippen molar-refractivity contribution >= 4 is 12.0 Å². The predicted octanol–water partition coefficient (Wildman–Crippen LogP) is 1.30. The lowest BCUT2D eigenvalue weighted by Crippen LogP contribution is -2.40. The molecule has 0 radical (unpaired) electrons. The molecule has 0 atom stereocenters. The minimum Gasteiger partial charge on any atom is -0.481 e. The number of carbonyl (C=O) groups excluding carboxylic acids is 1. The van der Waals surface area contributed by atoms with E-state index in [0.29, 0.717) is 12.4 Å². The van der Waals surface area contributed by atoms with Gasteiger partial charge in [-0.05, 0) is 20.8 Å². The minimum absolute atomic E-state index is 0.0710. The van der Waals surface area contributed by atoms with Crippen molar-refractivity contribution in [1.29, 1.82) is 0 Å². The van der Waals surface area contributed by atoms with Crippen LogP contribution in [-0.2, 0) is 11.3 Å². The van der Waals surface area contributed by atoms with Gasteiger partial charge in [-0.25, -0.2) is 9.78 Å². The Morgan fingerprint density at radius 3 is 2.58 bits per heavy atom. The molecule has 1 heterocycles. The molecule has 0 bridgehead atoms. The van der Waals surface area contributed by atoms with Crippen molar-refractivity contribution in [2.75, 3.05) is 13.1 Å². The van der Waals surface area contributed by atoms with E-state index >= 15 is 0 Å². The molecule has 1 aromatic rings. The molecule has 7 nitrogen and oxygen atoms in total. The van der Waals surface area contributed by atoms with E-state index in [1.54, 1.807) is 13.8 Å². The highest BCUT2D eigenvalue weighted by Crippen LogP contribution is 2.07. The number of aliphatic carboxylic acids is 1. The minimum atomic E-state index is -0.926. The van der Waals surface area contributed by atoms with Gasteiger partial charge in [0, 0.05) is 13.1 Å². The van der Waals surface area contributed by atoms with Gasteiger partial charge in [0.15, 0.2) is 0 Å². The Hall–Kier alpha value is -2.05. The van der Waals surface area contributed by atoms with E-state index < -0.39 is 5.97 Å². The molecule has 0 saturated heterocycles. The van der Waals surface area contributed by atoms with Gasteiger partial charge >= 0.3 is 12.0 Å². The van der Waals surface area contributed by atoms with E-state index in [9.17, 15) is 9.59 Å². The maximum atomic E-state index is 11.8. The van der Waals surface area contributed by atoms with Crippen molar-refractivity contribution in [2.45, 2.75) is 33.7 Å². The summed E-state index contributed by atoms with van der Waals surface area (Å²) >= 11 is 0. The molecule has 7 heteroatoms. The molecule has 106 valence electrons. The maximum absolute atomic E-state index is 11.8. The smallest absolute Gasteiger partial charge is 0.317 e. The second kappa shape index (κ2) is 6.77. The quantitative estimate of drug-likeness (QED) is 0.811. The summed E-state index contributed by atoms with van der Waals surface area (Å²) < 4.78 is 5.34. The maximum Gasteiger partial charge on any atom is 0.317 e. The first-order valence-electron chi connectivity index (χ1n) is 6.11. The second-order valence-electron chi connectivity index (χ2n) is 4.13. The lowest BCUT2D eigenvalue weighted by Gasteiger charge is -2.19. The van der Waals surface area contributed by atoms with Crippen molar-refractivity contribution < 1.29 is 19.1 Å². The van der Waals surface area contributed by atoms with Crippen LogP contribution in [0, 0.1) is 13.8 Å². The lowest BCUT2D eigenvalue weighted by molar-refractivity contribution is -0.137. The Bertz CT molecular complexity index is 436. The van der Waals surface area contributed by atoms with Gasteiger partial charge in [0.1, 0.15) is 5.76 Å². The fourth-order valence-corrected chi connectivity index (χ4v) is 1.51. The largest absolute Gasteiger partial charge is 0.481 e. The number of amides is 2. The van der Waals surface area contributed by atoms with Gasteiger partial charge in [-0.1, -0.05) is 0 Å². The molecular formula is C12H19N3O4. The van der Waals surface area contributed by atoms with Crippen LogP contribution in [0.2, 0.25) is 0 Å². The van der Waals surface area contributed by atoms with Crippen LogP contribution in [0.15, 0.2) is 4.42 Å². The molecule has 19 heavy (non-hydrogen) atoms. The van der Waals surface area contributed by atoms with Gasteiger partial charge in [-0.15, -0.1) is 0 Å². The summed E-state index contributed by atoms with van der Waals surface area (Å²) in [7, 11) is 0. The predicted molar refractivity (Wildman–Crippen MR) is 67.7 cm³/mol. The number of hydrogen-bond acceptors (Lipinski definition) is 4. The number of rotatable bonds is 6. The van der Waals surface area contributed by atoms with Crippen molar-refractivity contribution in [3.05, 3.63) is 17.3 Å². The molecule has 1 aromatic heterocycles. The first-order chi connectivity index (χ1) is 8.93. The molecule has 0 unspecified atom stereocenters. The zero-order chi connectivity index (χ0) is 14.4. The molecule has 0 spiro atoms. The van der Waals surface area contributed by atoms with Gasteiger partial charge < -0.3 is 19.7 Å². The van der Waals surface area contributed by atoms with Crippen LogP contribution in [0.3, 0.4) is 0 Å². The summed E-state index contributed by atoms with van der Waals surface area (Å²) in [4.78, 5) is 27.9. The molecule has 0 aliphatic carbocycles. The number of aromatic nitrogens is 1. The van der Waals surface area contributed by atoms with Crippen LogP contribution in [0.25, 0.3) is 0 Å². The summed E-state index contributed by atoms with van der Waals surface area (Å²) in [6, 6.07) is -0.322. The number of aryl methyl sites for hydroxylation is 2. The number of urea groups is 1. The average molecular weight is 269 g/mol. The summed E-state index contributed by atoms with van der Waals surface area (Å²) in [5, 5.41) is 11.2. The van der Waals surface area contributed by atoms with Crippen molar-refractivity contribution in [1.82, 2.24) is 15.2 Å². The molecule has 0 aliphatic rings. The van der Waals surface area contributed by atoms with Crippen LogP contribution in [0.5, 0.6) is 0 Å². The van der Waals surface area contributed by atoms with E-state index in [4.69, 9.17) is 9.52 Å². The zero-order valence-corrected chi connectivity index (χ0v) is 11.4. The van der Waals surface area contributed by atoms with Crippen molar-refractivity contribution in [3.8, 4) is 0 Å². The molecule has 0 aromatic carbocycles. The van der Waals surface area contributed by atoms with E-state index in [1.165, 1.54) is 4.90 Å². The van der Waals surface area contributed by atoms with Crippen LogP contribution in [0.1, 0.15) is 30.7 Å². The first-order valence-corrected chi connectivity index (χ1v) is 6.11. The van der Waals surface area contributed by atoms with Gasteiger partial charge in [0.2, 0.25) is 5.89 Å². The van der Waals surface area contributed by atoms with E-state index in [0.717, 1.165) is 11.5 Å². The first kappa shape index (κ1) is 15.0. The van der Waals surface area contributed by atoms with Crippen molar-refractivity contribution in [3.63, 3.8) is 0 Å². The molecule has 0 saturated carbocycles. The highest BCUT2D eigenvalue weighted by atomic mass is 16.4. The number of carboxylic acid groups (broad SMARTS) is 1. The molecule has 1 rings (SSSR count). The topological polar surface area (TPSA) is 95.7 Å². The van der Waals surface area contributed by atoms with Crippen molar-refractivity contribution in [2.24, 2.45) is 0 Å². The molecule has 0 aliphatic heterocycles. The van der Waals surface area contributed by atoms with E-state index in [-0.39, 0.29) is 25.5 Å². The summed E-state index contributed by atoms with van der Waals surface area (Å²) in [6.07, 6.45) is -0.0710. The molecule has 2 N–H and O–H groups in total. The number of oxazole rings is 1. The van der Waals surface area contributed by atoms with Crippen LogP contribution in [0.4, 0.5) is 4.79 Å². The Kier molecular flexibility index (Phi) is 5.35. The highest BCUT2D eigenvalue weighted by molar-refractivity contribution is 5.75. The monoisotopic (exact) mass is 269 g/mol. The third-order valence-electron chi connectivity index (χ3n) is 2.73. The van der Waals surface area contributed by atoms with Gasteiger partial charge in [-0.3, -0.25) is 4.79 Å². The van der Waals surface area contributed by atoms with Gasteiger partial charge in [0.25, 0.3) is 0 Å². The summed E-state index contributed by atoms with van der Waals surface area (Å²) in [5.74, 6) is 0.241. The van der Waals surface area contributed by atoms with E-state index in [2.05, 4.69) is 10.3 Å². The SMILES string of the molecule is CCN(CCC(=O)O)C(=O)NCc1nc(C)c(C)o1. The fraction of sp³-hybridized carbons (Fsp3) is 0.583. The standard InChI is InChI=1S/C12H19N3O4/c1-4-15(6-5-11(16)17)12(18)13-7-10-14-8(2)9(3)19-10/h4-7H2,1-3H3,(H,13,18)(H,16,17). The number of hydrogen-bond donors (Lipinski definition) is 2. The lowest BCUT2D eigenvalue weighted by atomic mass is 10.4. The normalized spacial score (nSPS) is 10.3. The highest BCUT2D eigenvalue weighted by Gasteiger charge is 2.14. The molecule has 2 amide bonds. The molecular weight excluding hydrogens is 250 g/mol. The van der Waals surface area contributed by atoms with Gasteiger partial charge in [0.05, 0.1) is 18.7 Å². The fourth-order valence-electron chi connectivity index (χ4n) is 1.51. The number of nitrogens with one attached hydrogen (secondary N) is 1. The summed E-state index contributed by atoms with van der Waals surface area (Å²) in [5.41, 5.74) is 0.794. The average Bonchev–Trinajstić information content (AvgIpc) is 2.66. The number of carboxylic acids is 1. The number of nitrogens with zero attached hydrogens (tertiary/aromatic N) is 2.